The Hall–Kier alpha value is -2.07. The fourth-order valence-electron chi connectivity index (χ4n) is 4.30. The van der Waals surface area contributed by atoms with Gasteiger partial charge in [-0.2, -0.15) is 0 Å². The largest absolute Gasteiger partial charge is 0.399 e. The van der Waals surface area contributed by atoms with Gasteiger partial charge >= 0.3 is 5.69 Å². The van der Waals surface area contributed by atoms with E-state index in [2.05, 4.69) is 4.98 Å². The van der Waals surface area contributed by atoms with Crippen molar-refractivity contribution in [1.29, 1.82) is 0 Å². The molecule has 7 nitrogen and oxygen atoms in total. The third-order valence-electron chi connectivity index (χ3n) is 5.82. The van der Waals surface area contributed by atoms with Gasteiger partial charge in [-0.3, -0.25) is 19.2 Å². The lowest BCUT2D eigenvalue weighted by molar-refractivity contribution is -0.0443. The van der Waals surface area contributed by atoms with Crippen LogP contribution in [0.4, 0.5) is 13.2 Å². The molecule has 1 saturated carbocycles. The van der Waals surface area contributed by atoms with Crippen molar-refractivity contribution in [3.05, 3.63) is 31.4 Å². The summed E-state index contributed by atoms with van der Waals surface area (Å²) in [6.07, 6.45) is -0.384. The first kappa shape index (κ1) is 18.3. The molecule has 148 valence electrons. The van der Waals surface area contributed by atoms with E-state index in [0.29, 0.717) is 5.57 Å². The third-order valence-corrected chi connectivity index (χ3v) is 5.82. The molecule has 3 unspecified atom stereocenters. The highest BCUT2D eigenvalue weighted by molar-refractivity contribution is 5.62. The predicted molar refractivity (Wildman–Crippen MR) is 91.3 cm³/mol. The molecule has 27 heavy (non-hydrogen) atoms. The first-order chi connectivity index (χ1) is 12.7. The van der Waals surface area contributed by atoms with Crippen molar-refractivity contribution in [2.24, 2.45) is 11.7 Å². The van der Waals surface area contributed by atoms with Gasteiger partial charge in [0.1, 0.15) is 0 Å². The Morgan fingerprint density at radius 2 is 2.00 bits per heavy atom. The Bertz CT molecular complexity index is 1030. The van der Waals surface area contributed by atoms with Gasteiger partial charge in [0.15, 0.2) is 6.17 Å². The number of aliphatic hydroxyl groups is 1. The standard InChI is InChI=1S/C17H21F3N4O3/c1-7-13-10(15(26)22-16(27)24(13)9-2-3-9)12(21)11(18)14(7)23-4-8(5-25)17(19,20)6-23/h8-9,11,14,25H,2-6,21H2,1H3,(H,22,26,27). The van der Waals surface area contributed by atoms with Crippen LogP contribution in [0, 0.1) is 5.92 Å². The van der Waals surface area contributed by atoms with Gasteiger partial charge in [0.05, 0.1) is 41.4 Å². The van der Waals surface area contributed by atoms with Gasteiger partial charge in [-0.1, -0.05) is 0 Å². The molecule has 3 aliphatic rings. The Labute approximate surface area is 151 Å². The maximum absolute atomic E-state index is 15.2. The van der Waals surface area contributed by atoms with E-state index < -0.39 is 48.5 Å². The number of H-pyrrole nitrogens is 1. The average Bonchev–Trinajstić information content (AvgIpc) is 3.36. The zero-order chi connectivity index (χ0) is 19.7. The van der Waals surface area contributed by atoms with Crippen LogP contribution in [-0.4, -0.2) is 57.4 Å². The van der Waals surface area contributed by atoms with Gasteiger partial charge in [-0.15, -0.1) is 0 Å². The minimum absolute atomic E-state index is 0.0904. The molecule has 3 atom stereocenters. The summed E-state index contributed by atoms with van der Waals surface area (Å²) in [5.74, 6) is -4.46. The summed E-state index contributed by atoms with van der Waals surface area (Å²) in [4.78, 5) is 28.1. The zero-order valence-corrected chi connectivity index (χ0v) is 14.7. The van der Waals surface area contributed by atoms with Crippen molar-refractivity contribution < 1.29 is 18.3 Å². The summed E-state index contributed by atoms with van der Waals surface area (Å²) < 4.78 is 44.8. The second-order valence-corrected chi connectivity index (χ2v) is 7.64. The van der Waals surface area contributed by atoms with E-state index in [9.17, 15) is 23.5 Å². The topological polar surface area (TPSA) is 104 Å². The quantitative estimate of drug-likeness (QED) is 0.580. The zero-order valence-electron chi connectivity index (χ0n) is 14.7. The summed E-state index contributed by atoms with van der Waals surface area (Å²) in [6.45, 7) is -0.0926. The fraction of sp³-hybridized carbons (Fsp3) is 0.647. The monoisotopic (exact) mass is 386 g/mol. The van der Waals surface area contributed by atoms with Gasteiger partial charge in [0.2, 0.25) is 0 Å². The van der Waals surface area contributed by atoms with E-state index in [-0.39, 0.29) is 28.9 Å². The van der Waals surface area contributed by atoms with Crippen LogP contribution in [0.3, 0.4) is 0 Å². The summed E-state index contributed by atoms with van der Waals surface area (Å²) >= 11 is 0. The van der Waals surface area contributed by atoms with Crippen molar-refractivity contribution in [1.82, 2.24) is 14.5 Å². The molecule has 4 N–H and O–H groups in total. The number of hydrogen-bond acceptors (Lipinski definition) is 5. The SMILES string of the molecule is CC1=c2c(c(=O)[nH]c(=O)n2C2CC2)=C(N)C(F)C1N1CC(CO)C(F)(F)C1. The Morgan fingerprint density at radius 3 is 2.56 bits per heavy atom. The number of nitrogens with zero attached hydrogens (tertiary/aromatic N) is 2. The second kappa shape index (κ2) is 5.96. The number of alkyl halides is 3. The number of likely N-dealkylation sites (tertiary alicyclic amines) is 1. The molecule has 0 bridgehead atoms. The van der Waals surface area contributed by atoms with Gasteiger partial charge in [0.25, 0.3) is 11.5 Å². The highest BCUT2D eigenvalue weighted by Crippen LogP contribution is 2.37. The molecule has 10 heteroatoms. The van der Waals surface area contributed by atoms with Gasteiger partial charge in [-0.05, 0) is 25.3 Å². The predicted octanol–water partition coefficient (Wildman–Crippen LogP) is -1.61. The molecule has 2 fully saturated rings. The molecule has 4 rings (SSSR count). The minimum atomic E-state index is -3.16. The lowest BCUT2D eigenvalue weighted by Gasteiger charge is -2.34. The van der Waals surface area contributed by atoms with Crippen LogP contribution in [0.2, 0.25) is 0 Å². The lowest BCUT2D eigenvalue weighted by Crippen LogP contribution is -2.62. The molecule has 0 aromatic carbocycles. The highest BCUT2D eigenvalue weighted by atomic mass is 19.3. The minimum Gasteiger partial charge on any atom is -0.399 e. The summed E-state index contributed by atoms with van der Waals surface area (Å²) in [5, 5.41) is 9.37. The Kier molecular flexibility index (Phi) is 4.04. The van der Waals surface area contributed by atoms with E-state index in [4.69, 9.17) is 5.73 Å². The van der Waals surface area contributed by atoms with Crippen molar-refractivity contribution >= 4 is 11.3 Å². The Balaban J connectivity index is 1.95. The molecule has 2 aliphatic carbocycles. The van der Waals surface area contributed by atoms with Crippen LogP contribution in [0.15, 0.2) is 9.59 Å². The number of aromatic amines is 1. The number of nitrogens with two attached hydrogens (primary N) is 1. The molecular weight excluding hydrogens is 365 g/mol. The van der Waals surface area contributed by atoms with Gasteiger partial charge in [0, 0.05) is 12.6 Å². The first-order valence-corrected chi connectivity index (χ1v) is 8.89. The van der Waals surface area contributed by atoms with E-state index in [1.54, 1.807) is 6.92 Å². The number of halogens is 3. The first-order valence-electron chi connectivity index (χ1n) is 8.89. The van der Waals surface area contributed by atoms with E-state index >= 15 is 4.39 Å². The molecule has 1 aliphatic heterocycles. The molecule has 1 aromatic rings. The summed E-state index contributed by atoms with van der Waals surface area (Å²) in [5.41, 5.74) is 4.51. The van der Waals surface area contributed by atoms with E-state index in [1.807, 2.05) is 0 Å². The normalized spacial score (nSPS) is 30.6. The number of hydrogen-bond donors (Lipinski definition) is 3. The van der Waals surface area contributed by atoms with Crippen molar-refractivity contribution in [2.75, 3.05) is 19.7 Å². The van der Waals surface area contributed by atoms with Crippen LogP contribution in [0.25, 0.3) is 11.3 Å². The third kappa shape index (κ3) is 2.65. The molecular formula is C17H21F3N4O3. The number of aromatic nitrogens is 2. The van der Waals surface area contributed by atoms with Crippen molar-refractivity contribution in [3.8, 4) is 0 Å². The number of aliphatic hydroxyl groups excluding tert-OH is 1. The lowest BCUT2D eigenvalue weighted by atomic mass is 9.93. The number of fused-ring (bicyclic) bond motifs is 1. The molecule has 0 radical (unpaired) electrons. The molecule has 2 heterocycles. The van der Waals surface area contributed by atoms with Crippen LogP contribution in [-0.2, 0) is 0 Å². The Morgan fingerprint density at radius 1 is 1.33 bits per heavy atom. The number of nitrogens with one attached hydrogen (secondary N) is 1. The van der Waals surface area contributed by atoms with Crippen LogP contribution < -0.4 is 27.6 Å². The highest BCUT2D eigenvalue weighted by Gasteiger charge is 2.51. The molecule has 1 saturated heterocycles. The summed E-state index contributed by atoms with van der Waals surface area (Å²) in [6, 6.07) is -1.24. The van der Waals surface area contributed by atoms with Crippen molar-refractivity contribution in [3.63, 3.8) is 0 Å². The van der Waals surface area contributed by atoms with Crippen LogP contribution in [0.1, 0.15) is 25.8 Å². The molecule has 1 aromatic heterocycles. The van der Waals surface area contributed by atoms with E-state index in [0.717, 1.165) is 12.8 Å². The maximum atomic E-state index is 15.2. The van der Waals surface area contributed by atoms with E-state index in [1.165, 1.54) is 9.47 Å². The molecule has 0 spiro atoms. The average molecular weight is 386 g/mol. The van der Waals surface area contributed by atoms with Crippen LogP contribution in [0.5, 0.6) is 0 Å². The van der Waals surface area contributed by atoms with Gasteiger partial charge < -0.3 is 10.8 Å². The maximum Gasteiger partial charge on any atom is 0.329 e. The van der Waals surface area contributed by atoms with Gasteiger partial charge in [-0.25, -0.2) is 18.0 Å². The second-order valence-electron chi connectivity index (χ2n) is 7.64. The molecule has 0 amide bonds. The van der Waals surface area contributed by atoms with Crippen molar-refractivity contribution in [2.45, 2.75) is 43.9 Å². The van der Waals surface area contributed by atoms with Crippen LogP contribution >= 0.6 is 0 Å². The fourth-order valence-corrected chi connectivity index (χ4v) is 4.30. The smallest absolute Gasteiger partial charge is 0.329 e. The summed E-state index contributed by atoms with van der Waals surface area (Å²) in [7, 11) is 0. The number of rotatable bonds is 3.